The van der Waals surface area contributed by atoms with Gasteiger partial charge in [0, 0.05) is 22.7 Å². The lowest BCUT2D eigenvalue weighted by molar-refractivity contribution is -0.837. The van der Waals surface area contributed by atoms with Gasteiger partial charge in [-0.2, -0.15) is 0 Å². The van der Waals surface area contributed by atoms with Crippen molar-refractivity contribution in [2.45, 2.75) is 0 Å². The standard InChI is InChI=1S/C18H19ClN2O2/c1-23-17-8-6-16(7-9-17)20-10-12-21(13-11-20)18(22)14-2-4-15(19)5-3-14/h2-9H,10-13H2,1H3/p+1. The molecule has 4 nitrogen and oxygen atoms in total. The number of carbonyl (C=O) groups is 1. The minimum atomic E-state index is 0.0791. The summed E-state index contributed by atoms with van der Waals surface area (Å²) in [5, 5.41) is 0.648. The fraction of sp³-hybridized carbons (Fsp3) is 0.278. The predicted molar refractivity (Wildman–Crippen MR) is 90.7 cm³/mol. The van der Waals surface area contributed by atoms with Crippen LogP contribution in [-0.2, 0) is 0 Å². The van der Waals surface area contributed by atoms with E-state index in [2.05, 4.69) is 12.1 Å². The zero-order valence-electron chi connectivity index (χ0n) is 13.1. The lowest BCUT2D eigenvalue weighted by Crippen LogP contribution is -3.10. The molecule has 2 aromatic carbocycles. The van der Waals surface area contributed by atoms with E-state index in [0.29, 0.717) is 10.6 Å². The van der Waals surface area contributed by atoms with E-state index in [-0.39, 0.29) is 5.91 Å². The van der Waals surface area contributed by atoms with E-state index in [9.17, 15) is 4.79 Å². The van der Waals surface area contributed by atoms with E-state index in [0.717, 1.165) is 31.9 Å². The summed E-state index contributed by atoms with van der Waals surface area (Å²) in [6.07, 6.45) is 0. The van der Waals surface area contributed by atoms with Crippen LogP contribution in [0.5, 0.6) is 5.75 Å². The number of carbonyl (C=O) groups excluding carboxylic acids is 1. The van der Waals surface area contributed by atoms with Gasteiger partial charge in [-0.3, -0.25) is 9.69 Å². The second kappa shape index (κ2) is 7.02. The number of nitrogens with one attached hydrogen (secondary N) is 1. The molecule has 1 aliphatic heterocycles. The number of rotatable bonds is 3. The van der Waals surface area contributed by atoms with Crippen molar-refractivity contribution in [3.63, 3.8) is 0 Å². The third-order valence-corrected chi connectivity index (χ3v) is 4.50. The van der Waals surface area contributed by atoms with Crippen LogP contribution in [0, 0.1) is 0 Å². The average molecular weight is 332 g/mol. The summed E-state index contributed by atoms with van der Waals surface area (Å²) in [5.74, 6) is 0.945. The Labute approximate surface area is 141 Å². The largest absolute Gasteiger partial charge is 0.497 e. The number of quaternary nitrogens is 1. The molecule has 0 spiro atoms. The molecule has 1 N–H and O–H groups in total. The van der Waals surface area contributed by atoms with Crippen LogP contribution in [-0.4, -0.2) is 44.1 Å². The van der Waals surface area contributed by atoms with E-state index in [1.807, 2.05) is 17.0 Å². The maximum absolute atomic E-state index is 12.5. The van der Waals surface area contributed by atoms with Crippen molar-refractivity contribution in [2.24, 2.45) is 0 Å². The first-order valence-electron chi connectivity index (χ1n) is 7.71. The molecule has 1 aliphatic rings. The van der Waals surface area contributed by atoms with Gasteiger partial charge in [0.05, 0.1) is 33.3 Å². The third-order valence-electron chi connectivity index (χ3n) is 4.24. The summed E-state index contributed by atoms with van der Waals surface area (Å²) in [4.78, 5) is 15.8. The maximum atomic E-state index is 12.5. The lowest BCUT2D eigenvalue weighted by Gasteiger charge is -2.32. The van der Waals surface area contributed by atoms with Crippen molar-refractivity contribution in [1.29, 1.82) is 0 Å². The quantitative estimate of drug-likeness (QED) is 0.933. The third kappa shape index (κ3) is 3.66. The maximum Gasteiger partial charge on any atom is 0.254 e. The summed E-state index contributed by atoms with van der Waals surface area (Å²) in [5.41, 5.74) is 1.94. The van der Waals surface area contributed by atoms with Gasteiger partial charge in [0.1, 0.15) is 11.4 Å². The van der Waals surface area contributed by atoms with Crippen molar-refractivity contribution in [1.82, 2.24) is 4.90 Å². The van der Waals surface area contributed by atoms with Gasteiger partial charge in [-0.15, -0.1) is 0 Å². The Kier molecular flexibility index (Phi) is 4.84. The van der Waals surface area contributed by atoms with E-state index >= 15 is 0 Å². The van der Waals surface area contributed by atoms with Crippen LogP contribution in [0.15, 0.2) is 48.5 Å². The fourth-order valence-electron chi connectivity index (χ4n) is 2.87. The molecule has 0 bridgehead atoms. The molecule has 5 heteroatoms. The minimum absolute atomic E-state index is 0.0791. The summed E-state index contributed by atoms with van der Waals surface area (Å²) in [6, 6.07) is 15.2. The van der Waals surface area contributed by atoms with Crippen LogP contribution in [0.25, 0.3) is 0 Å². The van der Waals surface area contributed by atoms with Gasteiger partial charge in [0.25, 0.3) is 5.91 Å². The van der Waals surface area contributed by atoms with Gasteiger partial charge in [-0.25, -0.2) is 0 Å². The van der Waals surface area contributed by atoms with E-state index < -0.39 is 0 Å². The number of methoxy groups -OCH3 is 1. The van der Waals surface area contributed by atoms with Crippen molar-refractivity contribution >= 4 is 23.2 Å². The molecule has 3 rings (SSSR count). The van der Waals surface area contributed by atoms with E-state index in [1.165, 1.54) is 10.6 Å². The van der Waals surface area contributed by atoms with Crippen molar-refractivity contribution in [3.8, 4) is 5.75 Å². The Hall–Kier alpha value is -2.04. The van der Waals surface area contributed by atoms with Crippen molar-refractivity contribution < 1.29 is 14.4 Å². The fourth-order valence-corrected chi connectivity index (χ4v) is 3.00. The minimum Gasteiger partial charge on any atom is -0.497 e. The molecule has 120 valence electrons. The van der Waals surface area contributed by atoms with Crippen LogP contribution < -0.4 is 9.64 Å². The van der Waals surface area contributed by atoms with Gasteiger partial charge in [-0.1, -0.05) is 11.6 Å². The molecule has 1 saturated heterocycles. The van der Waals surface area contributed by atoms with E-state index in [4.69, 9.17) is 16.3 Å². The summed E-state index contributed by atoms with van der Waals surface area (Å²) in [6.45, 7) is 3.32. The molecule has 0 saturated carbocycles. The molecule has 0 aromatic heterocycles. The van der Waals surface area contributed by atoms with Crippen LogP contribution in [0.4, 0.5) is 5.69 Å². The Morgan fingerprint density at radius 2 is 1.65 bits per heavy atom. The van der Waals surface area contributed by atoms with Crippen LogP contribution in [0.2, 0.25) is 5.02 Å². The second-order valence-corrected chi connectivity index (χ2v) is 6.07. The highest BCUT2D eigenvalue weighted by atomic mass is 35.5. The predicted octanol–water partition coefficient (Wildman–Crippen LogP) is 2.02. The van der Waals surface area contributed by atoms with Gasteiger partial charge in [0.2, 0.25) is 0 Å². The molecular weight excluding hydrogens is 312 g/mol. The van der Waals surface area contributed by atoms with Crippen molar-refractivity contribution in [3.05, 3.63) is 59.1 Å². The van der Waals surface area contributed by atoms with Gasteiger partial charge in [-0.05, 0) is 36.4 Å². The molecule has 23 heavy (non-hydrogen) atoms. The summed E-state index contributed by atoms with van der Waals surface area (Å²) in [7, 11) is 1.67. The number of nitrogens with zero attached hydrogens (tertiary/aromatic N) is 1. The summed E-state index contributed by atoms with van der Waals surface area (Å²) < 4.78 is 5.19. The zero-order valence-corrected chi connectivity index (χ0v) is 13.8. The Bertz CT molecular complexity index is 662. The number of hydrogen-bond donors (Lipinski definition) is 1. The average Bonchev–Trinajstić information content (AvgIpc) is 2.62. The molecule has 1 amide bonds. The Morgan fingerprint density at radius 1 is 1.04 bits per heavy atom. The number of piperazine rings is 1. The van der Waals surface area contributed by atoms with Crippen LogP contribution in [0.3, 0.4) is 0 Å². The van der Waals surface area contributed by atoms with Gasteiger partial charge in [0.15, 0.2) is 0 Å². The normalized spacial score (nSPS) is 15.5. The van der Waals surface area contributed by atoms with Gasteiger partial charge >= 0.3 is 0 Å². The molecular formula is C18H20ClN2O2+. The highest BCUT2D eigenvalue weighted by molar-refractivity contribution is 6.30. The molecule has 0 radical (unpaired) electrons. The Morgan fingerprint density at radius 3 is 2.22 bits per heavy atom. The molecule has 1 heterocycles. The van der Waals surface area contributed by atoms with Gasteiger partial charge < -0.3 is 9.64 Å². The molecule has 0 unspecified atom stereocenters. The highest BCUT2D eigenvalue weighted by Gasteiger charge is 2.25. The zero-order chi connectivity index (χ0) is 16.2. The number of halogens is 1. The second-order valence-electron chi connectivity index (χ2n) is 5.63. The molecule has 0 atom stereocenters. The molecule has 0 aliphatic carbocycles. The smallest absolute Gasteiger partial charge is 0.254 e. The SMILES string of the molecule is COc1ccc([NH+]2CCN(C(=O)c3ccc(Cl)cc3)CC2)cc1. The number of ether oxygens (including phenoxy) is 1. The molecule has 2 aromatic rings. The number of benzene rings is 2. The first-order chi connectivity index (χ1) is 11.2. The monoisotopic (exact) mass is 331 g/mol. The topological polar surface area (TPSA) is 34.0 Å². The van der Waals surface area contributed by atoms with Crippen LogP contribution >= 0.6 is 11.6 Å². The highest BCUT2D eigenvalue weighted by Crippen LogP contribution is 2.14. The number of hydrogen-bond acceptors (Lipinski definition) is 2. The van der Waals surface area contributed by atoms with E-state index in [1.54, 1.807) is 31.4 Å². The first kappa shape index (κ1) is 15.8. The molecule has 1 fully saturated rings. The lowest BCUT2D eigenvalue weighted by atomic mass is 10.1. The van der Waals surface area contributed by atoms with Crippen molar-refractivity contribution in [2.75, 3.05) is 33.3 Å². The summed E-state index contributed by atoms with van der Waals surface area (Å²) >= 11 is 5.87. The Balaban J connectivity index is 1.61. The number of amides is 1. The first-order valence-corrected chi connectivity index (χ1v) is 8.09. The van der Waals surface area contributed by atoms with Crippen LogP contribution in [0.1, 0.15) is 10.4 Å².